The molecule has 18 heavy (non-hydrogen) atoms. The van der Waals surface area contributed by atoms with Gasteiger partial charge in [-0.1, -0.05) is 12.1 Å². The topological polar surface area (TPSA) is 49.8 Å². The van der Waals surface area contributed by atoms with E-state index in [2.05, 4.69) is 12.1 Å². The Bertz CT molecular complexity index is 437. The number of hydrogen-bond donors (Lipinski definition) is 1. The number of amides is 1. The van der Waals surface area contributed by atoms with Crippen molar-refractivity contribution in [3.8, 4) is 5.75 Å². The molecule has 1 heterocycles. The summed E-state index contributed by atoms with van der Waals surface area (Å²) in [6.45, 7) is 5.19. The normalized spacial score (nSPS) is 16.7. The average molecular weight is 249 g/mol. The highest BCUT2D eigenvalue weighted by atomic mass is 16.5. The standard InChI is InChI=1S/C14H19NO3/c1-10-3-4-11(2)13(9-10)18-12-5-7-15(8-6-12)14(16)17/h3-4,9,12H,5-8H2,1-2H3,(H,16,17). The van der Waals surface area contributed by atoms with E-state index in [4.69, 9.17) is 9.84 Å². The lowest BCUT2D eigenvalue weighted by Gasteiger charge is -2.30. The zero-order chi connectivity index (χ0) is 13.1. The highest BCUT2D eigenvalue weighted by Crippen LogP contribution is 2.23. The van der Waals surface area contributed by atoms with Crippen LogP contribution in [0.15, 0.2) is 18.2 Å². The Labute approximate surface area is 107 Å². The van der Waals surface area contributed by atoms with Crippen molar-refractivity contribution >= 4 is 6.09 Å². The Hall–Kier alpha value is -1.71. The molecule has 0 aliphatic carbocycles. The zero-order valence-corrected chi connectivity index (χ0v) is 10.8. The molecule has 1 aromatic rings. The summed E-state index contributed by atoms with van der Waals surface area (Å²) in [5, 5.41) is 8.88. The molecule has 0 bridgehead atoms. The minimum absolute atomic E-state index is 0.126. The van der Waals surface area contributed by atoms with Crippen molar-refractivity contribution in [2.75, 3.05) is 13.1 Å². The number of carboxylic acid groups (broad SMARTS) is 1. The minimum atomic E-state index is -0.833. The summed E-state index contributed by atoms with van der Waals surface area (Å²) in [4.78, 5) is 12.3. The van der Waals surface area contributed by atoms with Crippen molar-refractivity contribution in [3.05, 3.63) is 29.3 Å². The summed E-state index contributed by atoms with van der Waals surface area (Å²) in [6.07, 6.45) is 0.820. The maximum absolute atomic E-state index is 10.8. The molecule has 1 N–H and O–H groups in total. The minimum Gasteiger partial charge on any atom is -0.490 e. The van der Waals surface area contributed by atoms with Crippen molar-refractivity contribution in [1.82, 2.24) is 4.90 Å². The Morgan fingerprint density at radius 2 is 2.00 bits per heavy atom. The fourth-order valence-electron chi connectivity index (χ4n) is 2.18. The summed E-state index contributed by atoms with van der Waals surface area (Å²) in [5.74, 6) is 0.920. The molecular formula is C14H19NO3. The van der Waals surface area contributed by atoms with Gasteiger partial charge in [0, 0.05) is 25.9 Å². The van der Waals surface area contributed by atoms with Crippen LogP contribution in [0, 0.1) is 13.8 Å². The predicted octanol–water partition coefficient (Wildman–Crippen LogP) is 2.82. The van der Waals surface area contributed by atoms with Gasteiger partial charge in [-0.25, -0.2) is 4.79 Å². The molecule has 1 aromatic carbocycles. The Balaban J connectivity index is 1.95. The van der Waals surface area contributed by atoms with Crippen LogP contribution >= 0.6 is 0 Å². The predicted molar refractivity (Wildman–Crippen MR) is 69.2 cm³/mol. The Morgan fingerprint density at radius 3 is 2.61 bits per heavy atom. The maximum Gasteiger partial charge on any atom is 0.407 e. The third-order valence-corrected chi connectivity index (χ3v) is 3.35. The number of benzene rings is 1. The van der Waals surface area contributed by atoms with E-state index >= 15 is 0 Å². The molecule has 0 atom stereocenters. The van der Waals surface area contributed by atoms with Crippen molar-refractivity contribution < 1.29 is 14.6 Å². The fraction of sp³-hybridized carbons (Fsp3) is 0.500. The molecule has 1 amide bonds. The van der Waals surface area contributed by atoms with Gasteiger partial charge in [0.2, 0.25) is 0 Å². The highest BCUT2D eigenvalue weighted by Gasteiger charge is 2.23. The molecule has 4 heteroatoms. The Kier molecular flexibility index (Phi) is 3.75. The number of hydrogen-bond acceptors (Lipinski definition) is 2. The van der Waals surface area contributed by atoms with E-state index in [1.54, 1.807) is 0 Å². The van der Waals surface area contributed by atoms with Crippen molar-refractivity contribution in [2.45, 2.75) is 32.8 Å². The van der Waals surface area contributed by atoms with Crippen LogP contribution in [0.2, 0.25) is 0 Å². The molecule has 1 aliphatic rings. The van der Waals surface area contributed by atoms with Crippen LogP contribution < -0.4 is 4.74 Å². The largest absolute Gasteiger partial charge is 0.490 e. The van der Waals surface area contributed by atoms with Gasteiger partial charge in [-0.15, -0.1) is 0 Å². The SMILES string of the molecule is Cc1ccc(C)c(OC2CCN(C(=O)O)CC2)c1. The molecule has 98 valence electrons. The summed E-state index contributed by atoms with van der Waals surface area (Å²) >= 11 is 0. The molecular weight excluding hydrogens is 230 g/mol. The van der Waals surface area contributed by atoms with E-state index < -0.39 is 6.09 Å². The highest BCUT2D eigenvalue weighted by molar-refractivity contribution is 5.65. The number of rotatable bonds is 2. The van der Waals surface area contributed by atoms with Crippen LogP contribution in [-0.2, 0) is 0 Å². The van der Waals surface area contributed by atoms with E-state index in [1.807, 2.05) is 19.9 Å². The summed E-state index contributed by atoms with van der Waals surface area (Å²) in [6, 6.07) is 6.16. The number of nitrogens with zero attached hydrogens (tertiary/aromatic N) is 1. The van der Waals surface area contributed by atoms with E-state index in [0.717, 1.165) is 24.2 Å². The third-order valence-electron chi connectivity index (χ3n) is 3.35. The first-order chi connectivity index (χ1) is 8.56. The molecule has 0 aromatic heterocycles. The number of piperidine rings is 1. The van der Waals surface area contributed by atoms with Crippen LogP contribution in [-0.4, -0.2) is 35.3 Å². The fourth-order valence-corrected chi connectivity index (χ4v) is 2.18. The zero-order valence-electron chi connectivity index (χ0n) is 10.8. The molecule has 0 radical (unpaired) electrons. The van der Waals surface area contributed by atoms with Gasteiger partial charge in [-0.2, -0.15) is 0 Å². The quantitative estimate of drug-likeness (QED) is 0.876. The van der Waals surface area contributed by atoms with Gasteiger partial charge in [0.1, 0.15) is 11.9 Å². The molecule has 4 nitrogen and oxygen atoms in total. The first-order valence-electron chi connectivity index (χ1n) is 6.28. The second-order valence-corrected chi connectivity index (χ2v) is 4.86. The number of carbonyl (C=O) groups is 1. The molecule has 1 fully saturated rings. The summed E-state index contributed by atoms with van der Waals surface area (Å²) in [5.41, 5.74) is 2.31. The smallest absolute Gasteiger partial charge is 0.407 e. The van der Waals surface area contributed by atoms with Crippen LogP contribution in [0.4, 0.5) is 4.79 Å². The lowest BCUT2D eigenvalue weighted by molar-refractivity contribution is 0.0891. The van der Waals surface area contributed by atoms with Gasteiger partial charge < -0.3 is 14.7 Å². The van der Waals surface area contributed by atoms with Crippen molar-refractivity contribution in [3.63, 3.8) is 0 Å². The van der Waals surface area contributed by atoms with Gasteiger partial charge in [0.05, 0.1) is 0 Å². The summed E-state index contributed by atoms with van der Waals surface area (Å²) < 4.78 is 5.98. The van der Waals surface area contributed by atoms with Crippen molar-refractivity contribution in [2.24, 2.45) is 0 Å². The second kappa shape index (κ2) is 5.29. The van der Waals surface area contributed by atoms with Gasteiger partial charge in [0.25, 0.3) is 0 Å². The van der Waals surface area contributed by atoms with E-state index in [-0.39, 0.29) is 6.10 Å². The Morgan fingerprint density at radius 1 is 1.33 bits per heavy atom. The van der Waals surface area contributed by atoms with Gasteiger partial charge in [0.15, 0.2) is 0 Å². The van der Waals surface area contributed by atoms with Crippen LogP contribution in [0.25, 0.3) is 0 Å². The first kappa shape index (κ1) is 12.7. The van der Waals surface area contributed by atoms with Crippen molar-refractivity contribution in [1.29, 1.82) is 0 Å². The molecule has 1 aliphatic heterocycles. The third kappa shape index (κ3) is 2.94. The van der Waals surface area contributed by atoms with Gasteiger partial charge in [-0.3, -0.25) is 0 Å². The lowest BCUT2D eigenvalue weighted by atomic mass is 10.1. The van der Waals surface area contributed by atoms with Gasteiger partial charge in [-0.05, 0) is 31.0 Å². The maximum atomic E-state index is 10.8. The van der Waals surface area contributed by atoms with Crippen LogP contribution in [0.1, 0.15) is 24.0 Å². The van der Waals surface area contributed by atoms with E-state index in [0.29, 0.717) is 13.1 Å². The number of aryl methyl sites for hydroxylation is 2. The average Bonchev–Trinajstić information content (AvgIpc) is 2.34. The molecule has 0 unspecified atom stereocenters. The lowest BCUT2D eigenvalue weighted by Crippen LogP contribution is -2.41. The van der Waals surface area contributed by atoms with E-state index in [1.165, 1.54) is 10.5 Å². The second-order valence-electron chi connectivity index (χ2n) is 4.86. The first-order valence-corrected chi connectivity index (χ1v) is 6.28. The number of ether oxygens (including phenoxy) is 1. The monoisotopic (exact) mass is 249 g/mol. The van der Waals surface area contributed by atoms with Crippen LogP contribution in [0.5, 0.6) is 5.75 Å². The summed E-state index contributed by atoms with van der Waals surface area (Å²) in [7, 11) is 0. The number of likely N-dealkylation sites (tertiary alicyclic amines) is 1. The molecule has 0 spiro atoms. The van der Waals surface area contributed by atoms with Gasteiger partial charge >= 0.3 is 6.09 Å². The van der Waals surface area contributed by atoms with Crippen LogP contribution in [0.3, 0.4) is 0 Å². The molecule has 0 saturated carbocycles. The molecule has 1 saturated heterocycles. The molecule has 2 rings (SSSR count). The van der Waals surface area contributed by atoms with E-state index in [9.17, 15) is 4.79 Å².